The Labute approximate surface area is 111 Å². The summed E-state index contributed by atoms with van der Waals surface area (Å²) in [4.78, 5) is 15.4. The number of hydrogen-bond acceptors (Lipinski definition) is 2. The Hall–Kier alpha value is -0.770. The molecular weight excluding hydrogens is 226 g/mol. The van der Waals surface area contributed by atoms with Crippen LogP contribution in [-0.4, -0.2) is 55.1 Å². The van der Waals surface area contributed by atoms with Crippen LogP contribution in [0.3, 0.4) is 0 Å². The van der Waals surface area contributed by atoms with E-state index in [-0.39, 0.29) is 6.03 Å². The molecule has 1 atom stereocenters. The molecule has 0 radical (unpaired) electrons. The Kier molecular flexibility index (Phi) is 4.49. The molecule has 1 aliphatic carbocycles. The van der Waals surface area contributed by atoms with Crippen LogP contribution < -0.4 is 5.32 Å². The van der Waals surface area contributed by atoms with Crippen molar-refractivity contribution in [3.8, 4) is 0 Å². The van der Waals surface area contributed by atoms with Crippen molar-refractivity contribution in [2.45, 2.75) is 51.1 Å². The van der Waals surface area contributed by atoms with Crippen LogP contribution in [0.15, 0.2) is 0 Å². The summed E-state index contributed by atoms with van der Waals surface area (Å²) < 4.78 is 0. The number of rotatable bonds is 4. The number of amides is 2. The van der Waals surface area contributed by atoms with E-state index in [4.69, 9.17) is 0 Å². The van der Waals surface area contributed by atoms with E-state index in [1.165, 1.54) is 19.3 Å². The average molecular weight is 253 g/mol. The third kappa shape index (κ3) is 3.87. The van der Waals surface area contributed by atoms with Gasteiger partial charge in [0.05, 0.1) is 0 Å². The summed E-state index contributed by atoms with van der Waals surface area (Å²) >= 11 is 0. The smallest absolute Gasteiger partial charge is 0.319 e. The van der Waals surface area contributed by atoms with Crippen LogP contribution in [0, 0.1) is 5.92 Å². The standard InChI is InChI=1S/C14H27N3O/c1-11(10-12-4-5-12)15-13-6-8-17(9-7-13)14(18)16(2)3/h11-13,15H,4-10H2,1-3H3. The lowest BCUT2D eigenvalue weighted by molar-refractivity contribution is 0.150. The van der Waals surface area contributed by atoms with Crippen molar-refractivity contribution in [2.24, 2.45) is 5.92 Å². The maximum atomic E-state index is 11.8. The number of urea groups is 1. The van der Waals surface area contributed by atoms with E-state index >= 15 is 0 Å². The zero-order valence-electron chi connectivity index (χ0n) is 12.0. The minimum atomic E-state index is 0.152. The minimum absolute atomic E-state index is 0.152. The first-order chi connectivity index (χ1) is 8.56. The van der Waals surface area contributed by atoms with E-state index in [1.54, 1.807) is 4.90 Å². The fourth-order valence-electron chi connectivity index (χ4n) is 2.84. The molecule has 2 aliphatic rings. The van der Waals surface area contributed by atoms with Gasteiger partial charge in [0, 0.05) is 39.3 Å². The fraction of sp³-hybridized carbons (Fsp3) is 0.929. The van der Waals surface area contributed by atoms with Crippen molar-refractivity contribution >= 4 is 6.03 Å². The van der Waals surface area contributed by atoms with Gasteiger partial charge in [0.1, 0.15) is 0 Å². The maximum Gasteiger partial charge on any atom is 0.319 e. The molecule has 0 spiro atoms. The Morgan fingerprint density at radius 2 is 1.89 bits per heavy atom. The molecule has 4 heteroatoms. The van der Waals surface area contributed by atoms with Crippen molar-refractivity contribution in [1.29, 1.82) is 0 Å². The molecule has 4 nitrogen and oxygen atoms in total. The van der Waals surface area contributed by atoms with Crippen LogP contribution in [0.2, 0.25) is 0 Å². The second kappa shape index (κ2) is 5.91. The van der Waals surface area contributed by atoms with Gasteiger partial charge in [-0.1, -0.05) is 12.8 Å². The number of hydrogen-bond donors (Lipinski definition) is 1. The van der Waals surface area contributed by atoms with Gasteiger partial charge < -0.3 is 15.1 Å². The van der Waals surface area contributed by atoms with Crippen molar-refractivity contribution in [3.63, 3.8) is 0 Å². The molecule has 104 valence electrons. The summed E-state index contributed by atoms with van der Waals surface area (Å²) in [5, 5.41) is 3.73. The number of carbonyl (C=O) groups is 1. The number of nitrogens with zero attached hydrogens (tertiary/aromatic N) is 2. The van der Waals surface area contributed by atoms with Gasteiger partial charge in [0.2, 0.25) is 0 Å². The van der Waals surface area contributed by atoms with E-state index in [2.05, 4.69) is 12.2 Å². The van der Waals surface area contributed by atoms with E-state index in [9.17, 15) is 4.79 Å². The normalized spacial score (nSPS) is 22.9. The summed E-state index contributed by atoms with van der Waals surface area (Å²) in [7, 11) is 3.65. The molecule has 0 aromatic rings. The molecule has 0 aromatic heterocycles. The summed E-state index contributed by atoms with van der Waals surface area (Å²) in [5.74, 6) is 0.989. The summed E-state index contributed by atoms with van der Waals surface area (Å²) in [5.41, 5.74) is 0. The molecule has 1 heterocycles. The van der Waals surface area contributed by atoms with Crippen LogP contribution in [0.4, 0.5) is 4.79 Å². The number of piperidine rings is 1. The molecule has 18 heavy (non-hydrogen) atoms. The Morgan fingerprint density at radius 3 is 2.39 bits per heavy atom. The monoisotopic (exact) mass is 253 g/mol. The SMILES string of the molecule is CC(CC1CC1)NC1CCN(C(=O)N(C)C)CC1. The van der Waals surface area contributed by atoms with Crippen LogP contribution in [0.1, 0.15) is 39.0 Å². The average Bonchev–Trinajstić information content (AvgIpc) is 3.12. The predicted octanol–water partition coefficient (Wildman–Crippen LogP) is 1.91. The maximum absolute atomic E-state index is 11.8. The van der Waals surface area contributed by atoms with Crippen LogP contribution in [-0.2, 0) is 0 Å². The highest BCUT2D eigenvalue weighted by molar-refractivity contribution is 5.73. The molecule has 1 unspecified atom stereocenters. The first-order valence-corrected chi connectivity index (χ1v) is 7.28. The van der Waals surface area contributed by atoms with Gasteiger partial charge >= 0.3 is 6.03 Å². The third-order valence-corrected chi connectivity index (χ3v) is 4.05. The van der Waals surface area contributed by atoms with Gasteiger partial charge in [0.15, 0.2) is 0 Å². The zero-order valence-corrected chi connectivity index (χ0v) is 12.0. The molecule has 0 bridgehead atoms. The zero-order chi connectivity index (χ0) is 13.1. The van der Waals surface area contributed by atoms with E-state index in [0.717, 1.165) is 31.8 Å². The van der Waals surface area contributed by atoms with Gasteiger partial charge in [-0.3, -0.25) is 0 Å². The van der Waals surface area contributed by atoms with Crippen molar-refractivity contribution in [2.75, 3.05) is 27.2 Å². The number of nitrogens with one attached hydrogen (secondary N) is 1. The molecule has 1 saturated carbocycles. The van der Waals surface area contributed by atoms with Crippen LogP contribution in [0.25, 0.3) is 0 Å². The molecule has 2 rings (SSSR count). The highest BCUT2D eigenvalue weighted by Crippen LogP contribution is 2.33. The molecule has 2 amide bonds. The first kappa shape index (κ1) is 13.7. The lowest BCUT2D eigenvalue weighted by Crippen LogP contribution is -2.49. The molecule has 2 fully saturated rings. The molecule has 0 aromatic carbocycles. The van der Waals surface area contributed by atoms with E-state index in [1.807, 2.05) is 19.0 Å². The second-order valence-electron chi connectivity index (χ2n) is 6.19. The van der Waals surface area contributed by atoms with E-state index < -0.39 is 0 Å². The molecular formula is C14H27N3O. The van der Waals surface area contributed by atoms with Crippen LogP contribution >= 0.6 is 0 Å². The molecule has 1 aliphatic heterocycles. The quantitative estimate of drug-likeness (QED) is 0.831. The lowest BCUT2D eigenvalue weighted by Gasteiger charge is -2.35. The second-order valence-corrected chi connectivity index (χ2v) is 6.19. The fourth-order valence-corrected chi connectivity index (χ4v) is 2.84. The first-order valence-electron chi connectivity index (χ1n) is 7.28. The Morgan fingerprint density at radius 1 is 1.28 bits per heavy atom. The largest absolute Gasteiger partial charge is 0.331 e. The van der Waals surface area contributed by atoms with E-state index in [0.29, 0.717) is 12.1 Å². The molecule has 1 N–H and O–H groups in total. The van der Waals surface area contributed by atoms with Crippen LogP contribution in [0.5, 0.6) is 0 Å². The van der Waals surface area contributed by atoms with Crippen molar-refractivity contribution in [1.82, 2.24) is 15.1 Å². The van der Waals surface area contributed by atoms with Gasteiger partial charge in [-0.15, -0.1) is 0 Å². The van der Waals surface area contributed by atoms with Crippen molar-refractivity contribution in [3.05, 3.63) is 0 Å². The lowest BCUT2D eigenvalue weighted by atomic mass is 10.0. The summed E-state index contributed by atoms with van der Waals surface area (Å²) in [6, 6.07) is 1.39. The Bertz CT molecular complexity index is 281. The summed E-state index contributed by atoms with van der Waals surface area (Å²) in [6.07, 6.45) is 6.38. The highest BCUT2D eigenvalue weighted by Gasteiger charge is 2.27. The Balaban J connectivity index is 1.67. The van der Waals surface area contributed by atoms with Gasteiger partial charge in [-0.25, -0.2) is 4.79 Å². The minimum Gasteiger partial charge on any atom is -0.331 e. The molecule has 1 saturated heterocycles. The van der Waals surface area contributed by atoms with Gasteiger partial charge in [0.25, 0.3) is 0 Å². The predicted molar refractivity (Wildman–Crippen MR) is 73.6 cm³/mol. The van der Waals surface area contributed by atoms with Gasteiger partial charge in [-0.2, -0.15) is 0 Å². The highest BCUT2D eigenvalue weighted by atomic mass is 16.2. The third-order valence-electron chi connectivity index (χ3n) is 4.05. The topological polar surface area (TPSA) is 35.6 Å². The summed E-state index contributed by atoms with van der Waals surface area (Å²) in [6.45, 7) is 4.09. The van der Waals surface area contributed by atoms with Gasteiger partial charge in [-0.05, 0) is 32.1 Å². The number of carbonyl (C=O) groups excluding carboxylic acids is 1. The van der Waals surface area contributed by atoms with Crippen molar-refractivity contribution < 1.29 is 4.79 Å². The number of likely N-dealkylation sites (tertiary alicyclic amines) is 1.